The summed E-state index contributed by atoms with van der Waals surface area (Å²) in [6, 6.07) is 6.51. The molecule has 3 heteroatoms. The fourth-order valence-corrected chi connectivity index (χ4v) is 2.54. The van der Waals surface area contributed by atoms with E-state index in [1.807, 2.05) is 0 Å². The summed E-state index contributed by atoms with van der Waals surface area (Å²) in [5.74, 6) is 0. The zero-order chi connectivity index (χ0) is 9.68. The standard InChI is InChI=1S/C10H14BrNS/c1-13-10-5-4-8(3-2-6-12)7-9(10)11/h4-5,7H,2-3,6,12H2,1H3. The number of hydrogen-bond acceptors (Lipinski definition) is 2. The maximum absolute atomic E-state index is 5.45. The molecule has 0 saturated heterocycles. The fourth-order valence-electron chi connectivity index (χ4n) is 1.17. The van der Waals surface area contributed by atoms with Crippen LogP contribution in [0.3, 0.4) is 0 Å². The van der Waals surface area contributed by atoms with Crippen LogP contribution in [-0.4, -0.2) is 12.8 Å². The molecule has 2 N–H and O–H groups in total. The molecule has 0 fully saturated rings. The van der Waals surface area contributed by atoms with Gasteiger partial charge in [-0.05, 0) is 59.3 Å². The molecule has 0 aliphatic carbocycles. The maximum Gasteiger partial charge on any atom is 0.0313 e. The number of rotatable bonds is 4. The summed E-state index contributed by atoms with van der Waals surface area (Å²) in [7, 11) is 0. The van der Waals surface area contributed by atoms with Gasteiger partial charge in [-0.15, -0.1) is 11.8 Å². The van der Waals surface area contributed by atoms with E-state index in [1.165, 1.54) is 14.9 Å². The lowest BCUT2D eigenvalue weighted by Gasteiger charge is -2.04. The Morgan fingerprint density at radius 3 is 2.77 bits per heavy atom. The number of nitrogens with two attached hydrogens (primary N) is 1. The molecule has 0 atom stereocenters. The van der Waals surface area contributed by atoms with E-state index in [-0.39, 0.29) is 0 Å². The average molecular weight is 260 g/mol. The van der Waals surface area contributed by atoms with Gasteiger partial charge in [0.15, 0.2) is 0 Å². The summed E-state index contributed by atoms with van der Waals surface area (Å²) in [4.78, 5) is 1.29. The number of hydrogen-bond donors (Lipinski definition) is 1. The van der Waals surface area contributed by atoms with Crippen LogP contribution in [0, 0.1) is 0 Å². The fraction of sp³-hybridized carbons (Fsp3) is 0.400. The molecule has 0 aliphatic rings. The lowest BCUT2D eigenvalue weighted by Crippen LogP contribution is -2.00. The molecule has 0 unspecified atom stereocenters. The van der Waals surface area contributed by atoms with Gasteiger partial charge in [0.2, 0.25) is 0 Å². The van der Waals surface area contributed by atoms with Crippen LogP contribution in [0.4, 0.5) is 0 Å². The normalized spacial score (nSPS) is 10.4. The SMILES string of the molecule is CSc1ccc(CCCN)cc1Br. The topological polar surface area (TPSA) is 26.0 Å². The first kappa shape index (κ1) is 11.1. The van der Waals surface area contributed by atoms with E-state index in [0.717, 1.165) is 19.4 Å². The zero-order valence-corrected chi connectivity index (χ0v) is 10.1. The van der Waals surface area contributed by atoms with Crippen LogP contribution in [0.2, 0.25) is 0 Å². The van der Waals surface area contributed by atoms with Crippen molar-refractivity contribution in [3.63, 3.8) is 0 Å². The van der Waals surface area contributed by atoms with E-state index >= 15 is 0 Å². The van der Waals surface area contributed by atoms with E-state index in [1.54, 1.807) is 11.8 Å². The molecule has 0 saturated carbocycles. The van der Waals surface area contributed by atoms with Gasteiger partial charge in [0.25, 0.3) is 0 Å². The predicted octanol–water partition coefficient (Wildman–Crippen LogP) is 3.06. The second kappa shape index (κ2) is 5.68. The zero-order valence-electron chi connectivity index (χ0n) is 7.72. The third-order valence-electron chi connectivity index (χ3n) is 1.89. The highest BCUT2D eigenvalue weighted by atomic mass is 79.9. The molecule has 0 heterocycles. The first-order valence-corrected chi connectivity index (χ1v) is 6.32. The Labute approximate surface area is 92.2 Å². The highest BCUT2D eigenvalue weighted by Crippen LogP contribution is 2.26. The van der Waals surface area contributed by atoms with Gasteiger partial charge in [0, 0.05) is 9.37 Å². The summed E-state index contributed by atoms with van der Waals surface area (Å²) in [5.41, 5.74) is 6.81. The summed E-state index contributed by atoms with van der Waals surface area (Å²) < 4.78 is 1.19. The molecular weight excluding hydrogens is 246 g/mol. The molecule has 0 bridgehead atoms. The van der Waals surface area contributed by atoms with E-state index in [4.69, 9.17) is 5.73 Å². The molecule has 0 aliphatic heterocycles. The summed E-state index contributed by atoms with van der Waals surface area (Å²) in [6.45, 7) is 0.766. The molecule has 0 spiro atoms. The quantitative estimate of drug-likeness (QED) is 0.842. The van der Waals surface area contributed by atoms with Crippen molar-refractivity contribution in [2.45, 2.75) is 17.7 Å². The van der Waals surface area contributed by atoms with Gasteiger partial charge in [0.1, 0.15) is 0 Å². The number of aryl methyl sites for hydroxylation is 1. The Hall–Kier alpha value is 0.01000. The van der Waals surface area contributed by atoms with Crippen molar-refractivity contribution < 1.29 is 0 Å². The molecule has 13 heavy (non-hydrogen) atoms. The van der Waals surface area contributed by atoms with Gasteiger partial charge in [-0.25, -0.2) is 0 Å². The van der Waals surface area contributed by atoms with Crippen molar-refractivity contribution in [3.8, 4) is 0 Å². The Balaban J connectivity index is 2.71. The van der Waals surface area contributed by atoms with Crippen molar-refractivity contribution >= 4 is 27.7 Å². The van der Waals surface area contributed by atoms with Crippen molar-refractivity contribution in [2.24, 2.45) is 5.73 Å². The average Bonchev–Trinajstić information content (AvgIpc) is 2.15. The summed E-state index contributed by atoms with van der Waals surface area (Å²) in [5, 5.41) is 0. The van der Waals surface area contributed by atoms with E-state index in [9.17, 15) is 0 Å². The highest BCUT2D eigenvalue weighted by Gasteiger charge is 1.99. The molecule has 1 rings (SSSR count). The van der Waals surface area contributed by atoms with Crippen LogP contribution in [0.5, 0.6) is 0 Å². The lowest BCUT2D eigenvalue weighted by atomic mass is 10.1. The Bertz CT molecular complexity index is 276. The van der Waals surface area contributed by atoms with Crippen LogP contribution in [0.15, 0.2) is 27.6 Å². The first-order chi connectivity index (χ1) is 6.27. The highest BCUT2D eigenvalue weighted by molar-refractivity contribution is 9.10. The van der Waals surface area contributed by atoms with Gasteiger partial charge < -0.3 is 5.73 Å². The van der Waals surface area contributed by atoms with Crippen LogP contribution in [0.25, 0.3) is 0 Å². The molecule has 1 nitrogen and oxygen atoms in total. The van der Waals surface area contributed by atoms with Gasteiger partial charge in [-0.3, -0.25) is 0 Å². The monoisotopic (exact) mass is 259 g/mol. The molecule has 0 radical (unpaired) electrons. The Morgan fingerprint density at radius 1 is 1.46 bits per heavy atom. The second-order valence-corrected chi connectivity index (χ2v) is 4.56. The molecule has 1 aromatic carbocycles. The van der Waals surface area contributed by atoms with Gasteiger partial charge in [-0.2, -0.15) is 0 Å². The molecule has 1 aromatic rings. The van der Waals surface area contributed by atoms with Crippen LogP contribution >= 0.6 is 27.7 Å². The van der Waals surface area contributed by atoms with Crippen molar-refractivity contribution in [1.82, 2.24) is 0 Å². The molecule has 72 valence electrons. The Kier molecular flexibility index (Phi) is 4.84. The Morgan fingerprint density at radius 2 is 2.23 bits per heavy atom. The van der Waals surface area contributed by atoms with Gasteiger partial charge in [-0.1, -0.05) is 6.07 Å². The first-order valence-electron chi connectivity index (χ1n) is 4.30. The summed E-state index contributed by atoms with van der Waals surface area (Å²) in [6.07, 6.45) is 4.22. The van der Waals surface area contributed by atoms with E-state index in [2.05, 4.69) is 40.4 Å². The lowest BCUT2D eigenvalue weighted by molar-refractivity contribution is 0.831. The second-order valence-electron chi connectivity index (χ2n) is 2.86. The van der Waals surface area contributed by atoms with Crippen molar-refractivity contribution in [2.75, 3.05) is 12.8 Å². The predicted molar refractivity (Wildman–Crippen MR) is 63.3 cm³/mol. The van der Waals surface area contributed by atoms with E-state index < -0.39 is 0 Å². The third-order valence-corrected chi connectivity index (χ3v) is 3.60. The number of halogens is 1. The van der Waals surface area contributed by atoms with Crippen molar-refractivity contribution in [1.29, 1.82) is 0 Å². The third kappa shape index (κ3) is 3.33. The minimum absolute atomic E-state index is 0.766. The maximum atomic E-state index is 5.45. The largest absolute Gasteiger partial charge is 0.330 e. The minimum Gasteiger partial charge on any atom is -0.330 e. The van der Waals surface area contributed by atoms with Crippen LogP contribution < -0.4 is 5.73 Å². The number of benzene rings is 1. The van der Waals surface area contributed by atoms with Crippen molar-refractivity contribution in [3.05, 3.63) is 28.2 Å². The minimum atomic E-state index is 0.766. The molecule has 0 amide bonds. The molecular formula is C10H14BrNS. The van der Waals surface area contributed by atoms with Gasteiger partial charge in [0.05, 0.1) is 0 Å². The van der Waals surface area contributed by atoms with Crippen LogP contribution in [0.1, 0.15) is 12.0 Å². The van der Waals surface area contributed by atoms with E-state index in [0.29, 0.717) is 0 Å². The van der Waals surface area contributed by atoms with Gasteiger partial charge >= 0.3 is 0 Å². The smallest absolute Gasteiger partial charge is 0.0313 e. The number of thioether (sulfide) groups is 1. The van der Waals surface area contributed by atoms with Crippen LogP contribution in [-0.2, 0) is 6.42 Å². The molecule has 0 aromatic heterocycles. The summed E-state index contributed by atoms with van der Waals surface area (Å²) >= 11 is 5.30.